The summed E-state index contributed by atoms with van der Waals surface area (Å²) >= 11 is 0. The van der Waals surface area contributed by atoms with Crippen LogP contribution in [0.15, 0.2) is 36.4 Å². The minimum absolute atomic E-state index is 0.0490. The first-order valence-corrected chi connectivity index (χ1v) is 12.4. The molecule has 2 aromatic rings. The molecule has 1 aromatic heterocycles. The van der Waals surface area contributed by atoms with Gasteiger partial charge in [0.05, 0.1) is 19.3 Å². The number of anilines is 1. The van der Waals surface area contributed by atoms with Crippen LogP contribution in [0.4, 0.5) is 5.82 Å². The van der Waals surface area contributed by atoms with Crippen LogP contribution in [0, 0.1) is 5.92 Å². The number of rotatable bonds is 9. The van der Waals surface area contributed by atoms with Gasteiger partial charge in [-0.1, -0.05) is 13.3 Å². The van der Waals surface area contributed by atoms with E-state index in [2.05, 4.69) is 22.0 Å². The van der Waals surface area contributed by atoms with Crippen molar-refractivity contribution in [3.05, 3.63) is 36.4 Å². The molecular formula is C26H35N5O3. The molecule has 1 aliphatic heterocycles. The summed E-state index contributed by atoms with van der Waals surface area (Å²) in [5, 5.41) is 8.87. The zero-order chi connectivity index (χ0) is 23.9. The summed E-state index contributed by atoms with van der Waals surface area (Å²) in [7, 11) is 1.65. The van der Waals surface area contributed by atoms with Crippen LogP contribution in [0.3, 0.4) is 0 Å². The quantitative estimate of drug-likeness (QED) is 0.566. The third kappa shape index (κ3) is 6.04. The second-order valence-corrected chi connectivity index (χ2v) is 9.11. The molecule has 182 valence electrons. The highest BCUT2D eigenvalue weighted by molar-refractivity contribution is 5.87. The number of aromatic nitrogens is 2. The van der Waals surface area contributed by atoms with E-state index in [0.29, 0.717) is 26.2 Å². The Hall–Kier alpha value is -3.16. The van der Waals surface area contributed by atoms with Crippen LogP contribution in [0.1, 0.15) is 39.0 Å². The number of unbranched alkanes of at least 4 members (excludes halogenated alkanes) is 1. The molecule has 0 unspecified atom stereocenters. The lowest BCUT2D eigenvalue weighted by molar-refractivity contribution is -0.141. The molecule has 0 spiro atoms. The Balaban J connectivity index is 1.33. The molecule has 1 saturated carbocycles. The summed E-state index contributed by atoms with van der Waals surface area (Å²) in [6, 6.07) is 11.7. The molecule has 0 radical (unpaired) electrons. The zero-order valence-corrected chi connectivity index (χ0v) is 20.3. The number of hydrogen-bond donors (Lipinski definition) is 0. The second kappa shape index (κ2) is 11.3. The van der Waals surface area contributed by atoms with Crippen molar-refractivity contribution in [2.24, 2.45) is 5.92 Å². The SMILES string of the molecule is CCCCN(CC(=O)N1CCCN(c2ccc(-c3ccc(OC)cc3)nn2)CC1)C(=O)C1CC1. The topological polar surface area (TPSA) is 78.9 Å². The lowest BCUT2D eigenvalue weighted by Crippen LogP contribution is -2.45. The monoisotopic (exact) mass is 465 g/mol. The van der Waals surface area contributed by atoms with Gasteiger partial charge < -0.3 is 19.4 Å². The van der Waals surface area contributed by atoms with Crippen LogP contribution >= 0.6 is 0 Å². The van der Waals surface area contributed by atoms with Crippen molar-refractivity contribution >= 4 is 17.6 Å². The maximum absolute atomic E-state index is 13.0. The minimum Gasteiger partial charge on any atom is -0.497 e. The van der Waals surface area contributed by atoms with Crippen molar-refractivity contribution in [1.82, 2.24) is 20.0 Å². The molecule has 0 atom stereocenters. The van der Waals surface area contributed by atoms with E-state index in [9.17, 15) is 9.59 Å². The number of amides is 2. The van der Waals surface area contributed by atoms with Crippen LogP contribution in [0.25, 0.3) is 11.3 Å². The van der Waals surface area contributed by atoms with Crippen molar-refractivity contribution in [3.8, 4) is 17.0 Å². The predicted octanol–water partition coefficient (Wildman–Crippen LogP) is 3.23. The van der Waals surface area contributed by atoms with E-state index in [1.54, 1.807) is 12.0 Å². The number of ether oxygens (including phenoxy) is 1. The van der Waals surface area contributed by atoms with Crippen molar-refractivity contribution in [3.63, 3.8) is 0 Å². The van der Waals surface area contributed by atoms with Crippen molar-refractivity contribution in [1.29, 1.82) is 0 Å². The predicted molar refractivity (Wildman–Crippen MR) is 132 cm³/mol. The fourth-order valence-electron chi connectivity index (χ4n) is 4.27. The Kier molecular flexibility index (Phi) is 7.98. The summed E-state index contributed by atoms with van der Waals surface area (Å²) in [5.41, 5.74) is 1.80. The average Bonchev–Trinajstić information content (AvgIpc) is 3.73. The maximum Gasteiger partial charge on any atom is 0.242 e. The maximum atomic E-state index is 13.0. The Morgan fingerprint density at radius 1 is 1.03 bits per heavy atom. The number of hydrogen-bond acceptors (Lipinski definition) is 6. The smallest absolute Gasteiger partial charge is 0.242 e. The summed E-state index contributed by atoms with van der Waals surface area (Å²) in [5.74, 6) is 1.98. The van der Waals surface area contributed by atoms with Gasteiger partial charge in [0, 0.05) is 44.2 Å². The van der Waals surface area contributed by atoms with Gasteiger partial charge in [0.25, 0.3) is 0 Å². The number of carbonyl (C=O) groups excluding carboxylic acids is 2. The number of carbonyl (C=O) groups is 2. The van der Waals surface area contributed by atoms with Gasteiger partial charge in [-0.25, -0.2) is 0 Å². The van der Waals surface area contributed by atoms with Gasteiger partial charge in [-0.2, -0.15) is 0 Å². The fraction of sp³-hybridized carbons (Fsp3) is 0.538. The van der Waals surface area contributed by atoms with Gasteiger partial charge in [-0.15, -0.1) is 10.2 Å². The molecule has 8 nitrogen and oxygen atoms in total. The molecule has 0 bridgehead atoms. The number of methoxy groups -OCH3 is 1. The van der Waals surface area contributed by atoms with Crippen LogP contribution in [0.5, 0.6) is 5.75 Å². The van der Waals surface area contributed by atoms with E-state index < -0.39 is 0 Å². The molecule has 8 heteroatoms. The highest BCUT2D eigenvalue weighted by atomic mass is 16.5. The molecule has 4 rings (SSSR count). The van der Waals surface area contributed by atoms with Crippen LogP contribution in [-0.2, 0) is 9.59 Å². The largest absolute Gasteiger partial charge is 0.497 e. The van der Waals surface area contributed by atoms with Crippen molar-refractivity contribution in [2.45, 2.75) is 39.0 Å². The summed E-state index contributed by atoms with van der Waals surface area (Å²) in [4.78, 5) is 31.5. The molecule has 2 fully saturated rings. The Morgan fingerprint density at radius 2 is 1.82 bits per heavy atom. The van der Waals surface area contributed by atoms with E-state index in [0.717, 1.165) is 61.5 Å². The molecule has 2 amide bonds. The van der Waals surface area contributed by atoms with E-state index >= 15 is 0 Å². The molecule has 1 aromatic carbocycles. The van der Waals surface area contributed by atoms with E-state index in [4.69, 9.17) is 4.74 Å². The summed E-state index contributed by atoms with van der Waals surface area (Å²) in [6.07, 6.45) is 4.74. The van der Waals surface area contributed by atoms with Crippen molar-refractivity contribution < 1.29 is 14.3 Å². The van der Waals surface area contributed by atoms with E-state index in [-0.39, 0.29) is 24.3 Å². The Bertz CT molecular complexity index is 959. The van der Waals surface area contributed by atoms with E-state index in [1.165, 1.54) is 0 Å². The van der Waals surface area contributed by atoms with E-state index in [1.807, 2.05) is 41.3 Å². The summed E-state index contributed by atoms with van der Waals surface area (Å²) in [6.45, 7) is 5.83. The molecule has 2 aliphatic rings. The normalized spacial score (nSPS) is 16.2. The first-order chi connectivity index (χ1) is 16.6. The van der Waals surface area contributed by atoms with Gasteiger partial charge >= 0.3 is 0 Å². The second-order valence-electron chi connectivity index (χ2n) is 9.11. The van der Waals surface area contributed by atoms with Crippen LogP contribution < -0.4 is 9.64 Å². The molecule has 0 N–H and O–H groups in total. The zero-order valence-electron chi connectivity index (χ0n) is 20.3. The third-order valence-corrected chi connectivity index (χ3v) is 6.55. The third-order valence-electron chi connectivity index (χ3n) is 6.55. The van der Waals surface area contributed by atoms with Gasteiger partial charge in [-0.05, 0) is 62.1 Å². The van der Waals surface area contributed by atoms with Gasteiger partial charge in [0.2, 0.25) is 11.8 Å². The van der Waals surface area contributed by atoms with Gasteiger partial charge in [-0.3, -0.25) is 9.59 Å². The molecule has 1 aliphatic carbocycles. The molecule has 34 heavy (non-hydrogen) atoms. The minimum atomic E-state index is 0.0490. The van der Waals surface area contributed by atoms with Crippen molar-refractivity contribution in [2.75, 3.05) is 51.3 Å². The molecule has 1 saturated heterocycles. The number of nitrogens with zero attached hydrogens (tertiary/aromatic N) is 5. The standard InChI is InChI=1S/C26H35N5O3/c1-3-4-14-31(26(33)21-6-7-21)19-25(32)30-16-5-15-29(17-18-30)24-13-12-23(27-28-24)20-8-10-22(34-2)11-9-20/h8-13,21H,3-7,14-19H2,1-2H3. The number of benzene rings is 1. The highest BCUT2D eigenvalue weighted by Crippen LogP contribution is 2.31. The lowest BCUT2D eigenvalue weighted by atomic mass is 10.1. The van der Waals surface area contributed by atoms with Crippen LogP contribution in [-0.4, -0.2) is 78.2 Å². The highest BCUT2D eigenvalue weighted by Gasteiger charge is 2.34. The average molecular weight is 466 g/mol. The Labute approximate surface area is 201 Å². The first kappa shape index (κ1) is 24.0. The lowest BCUT2D eigenvalue weighted by Gasteiger charge is -2.27. The Morgan fingerprint density at radius 3 is 2.47 bits per heavy atom. The van der Waals surface area contributed by atoms with Gasteiger partial charge in [0.15, 0.2) is 5.82 Å². The molecular weight excluding hydrogens is 430 g/mol. The molecule has 2 heterocycles. The van der Waals surface area contributed by atoms with Crippen LogP contribution in [0.2, 0.25) is 0 Å². The summed E-state index contributed by atoms with van der Waals surface area (Å²) < 4.78 is 5.21. The fourth-order valence-corrected chi connectivity index (χ4v) is 4.27. The van der Waals surface area contributed by atoms with Gasteiger partial charge in [0.1, 0.15) is 5.75 Å². The first-order valence-electron chi connectivity index (χ1n) is 12.4.